The Morgan fingerprint density at radius 3 is 2.92 bits per heavy atom. The first kappa shape index (κ1) is 7.66. The summed E-state index contributed by atoms with van der Waals surface area (Å²) in [6, 6.07) is 8.24. The molecule has 1 heteroatoms. The van der Waals surface area contributed by atoms with Crippen molar-refractivity contribution in [1.29, 1.82) is 0 Å². The summed E-state index contributed by atoms with van der Waals surface area (Å²) in [5.41, 5.74) is 1.27. The van der Waals surface area contributed by atoms with E-state index < -0.39 is 0 Å². The van der Waals surface area contributed by atoms with Gasteiger partial charge in [0.25, 0.3) is 0 Å². The lowest BCUT2D eigenvalue weighted by Crippen LogP contribution is -1.98. The zero-order chi connectivity index (χ0) is 8.39. The van der Waals surface area contributed by atoms with Crippen LogP contribution in [0.5, 0.6) is 5.75 Å². The van der Waals surface area contributed by atoms with Crippen molar-refractivity contribution in [2.24, 2.45) is 5.92 Å². The van der Waals surface area contributed by atoms with Crippen LogP contribution in [0.1, 0.15) is 18.4 Å². The maximum Gasteiger partial charge on any atom is 0.119 e. The molecule has 0 N–H and O–H groups in total. The van der Waals surface area contributed by atoms with Gasteiger partial charge in [0, 0.05) is 0 Å². The lowest BCUT2D eigenvalue weighted by Gasteiger charge is -2.04. The van der Waals surface area contributed by atoms with Gasteiger partial charge in [-0.2, -0.15) is 0 Å². The van der Waals surface area contributed by atoms with Gasteiger partial charge < -0.3 is 4.74 Å². The van der Waals surface area contributed by atoms with E-state index in [-0.39, 0.29) is 0 Å². The Hall–Kier alpha value is -0.980. The first-order valence-corrected chi connectivity index (χ1v) is 4.54. The second-order valence-corrected chi connectivity index (χ2v) is 3.57. The predicted octanol–water partition coefficient (Wildman–Crippen LogP) is 2.78. The van der Waals surface area contributed by atoms with Crippen LogP contribution in [0.15, 0.2) is 24.3 Å². The van der Waals surface area contributed by atoms with Crippen molar-refractivity contribution in [1.82, 2.24) is 0 Å². The van der Waals surface area contributed by atoms with Crippen molar-refractivity contribution < 1.29 is 4.74 Å². The van der Waals surface area contributed by atoms with E-state index in [9.17, 15) is 0 Å². The largest absolute Gasteiger partial charge is 0.493 e. The van der Waals surface area contributed by atoms with Crippen molar-refractivity contribution in [3.8, 4) is 5.75 Å². The summed E-state index contributed by atoms with van der Waals surface area (Å²) < 4.78 is 5.61. The summed E-state index contributed by atoms with van der Waals surface area (Å²) in [4.78, 5) is 0. The van der Waals surface area contributed by atoms with Crippen LogP contribution >= 0.6 is 0 Å². The molecule has 0 radical (unpaired) electrons. The van der Waals surface area contributed by atoms with Crippen molar-refractivity contribution in [3.63, 3.8) is 0 Å². The molecule has 1 aromatic carbocycles. The van der Waals surface area contributed by atoms with Gasteiger partial charge in [0.2, 0.25) is 0 Å². The predicted molar refractivity (Wildman–Crippen MR) is 49.4 cm³/mol. The molecule has 0 bridgehead atoms. The van der Waals surface area contributed by atoms with Crippen LogP contribution in [-0.2, 0) is 0 Å². The van der Waals surface area contributed by atoms with Crippen LogP contribution in [0.2, 0.25) is 0 Å². The van der Waals surface area contributed by atoms with E-state index in [1.165, 1.54) is 18.4 Å². The topological polar surface area (TPSA) is 9.23 Å². The molecule has 1 aliphatic carbocycles. The maximum absolute atomic E-state index is 5.61. The lowest BCUT2D eigenvalue weighted by atomic mass is 10.2. The zero-order valence-electron chi connectivity index (χ0n) is 7.42. The summed E-state index contributed by atoms with van der Waals surface area (Å²) in [5, 5.41) is 0. The van der Waals surface area contributed by atoms with Crippen molar-refractivity contribution in [2.75, 3.05) is 6.61 Å². The number of aryl methyl sites for hydroxylation is 1. The van der Waals surface area contributed by atoms with Crippen LogP contribution < -0.4 is 4.74 Å². The molecular formula is C11H14O. The molecule has 2 rings (SSSR count). The Bertz CT molecular complexity index is 263. The van der Waals surface area contributed by atoms with Crippen molar-refractivity contribution in [3.05, 3.63) is 29.8 Å². The number of rotatable bonds is 3. The van der Waals surface area contributed by atoms with Gasteiger partial charge in [0.1, 0.15) is 5.75 Å². The van der Waals surface area contributed by atoms with Crippen LogP contribution in [0.4, 0.5) is 0 Å². The fourth-order valence-electron chi connectivity index (χ4n) is 1.20. The SMILES string of the molecule is Cc1cccc(OCC2CC2)c1. The van der Waals surface area contributed by atoms with Gasteiger partial charge in [-0.05, 0) is 43.4 Å². The van der Waals surface area contributed by atoms with Crippen LogP contribution in [0.25, 0.3) is 0 Å². The third-order valence-electron chi connectivity index (χ3n) is 2.17. The third kappa shape index (κ3) is 2.00. The van der Waals surface area contributed by atoms with E-state index >= 15 is 0 Å². The summed E-state index contributed by atoms with van der Waals surface area (Å²) in [7, 11) is 0. The average molecular weight is 162 g/mol. The summed E-state index contributed by atoms with van der Waals surface area (Å²) in [6.07, 6.45) is 2.71. The Morgan fingerprint density at radius 2 is 2.25 bits per heavy atom. The lowest BCUT2D eigenvalue weighted by molar-refractivity contribution is 0.299. The minimum Gasteiger partial charge on any atom is -0.493 e. The Balaban J connectivity index is 1.92. The van der Waals surface area contributed by atoms with E-state index in [1.807, 2.05) is 12.1 Å². The average Bonchev–Trinajstić information content (AvgIpc) is 2.84. The number of ether oxygens (including phenoxy) is 1. The molecule has 1 aromatic rings. The molecule has 12 heavy (non-hydrogen) atoms. The van der Waals surface area contributed by atoms with E-state index in [0.29, 0.717) is 0 Å². The molecule has 0 aliphatic heterocycles. The summed E-state index contributed by atoms with van der Waals surface area (Å²) in [6.45, 7) is 2.99. The van der Waals surface area contributed by atoms with Gasteiger partial charge in [-0.1, -0.05) is 12.1 Å². The van der Waals surface area contributed by atoms with Crippen LogP contribution in [0.3, 0.4) is 0 Å². The van der Waals surface area contributed by atoms with Crippen LogP contribution in [-0.4, -0.2) is 6.61 Å². The minimum absolute atomic E-state index is 0.838. The van der Waals surface area contributed by atoms with Crippen LogP contribution in [0, 0.1) is 12.8 Å². The molecule has 0 unspecified atom stereocenters. The first-order valence-electron chi connectivity index (χ1n) is 4.54. The molecule has 0 heterocycles. The van der Waals surface area contributed by atoms with Gasteiger partial charge >= 0.3 is 0 Å². The second kappa shape index (κ2) is 3.18. The highest BCUT2D eigenvalue weighted by Crippen LogP contribution is 2.29. The van der Waals surface area contributed by atoms with Crippen molar-refractivity contribution >= 4 is 0 Å². The summed E-state index contributed by atoms with van der Waals surface area (Å²) in [5.74, 6) is 1.85. The summed E-state index contributed by atoms with van der Waals surface area (Å²) >= 11 is 0. The molecule has 1 fully saturated rings. The number of benzene rings is 1. The highest BCUT2D eigenvalue weighted by molar-refractivity contribution is 5.27. The molecule has 0 saturated heterocycles. The van der Waals surface area contributed by atoms with Gasteiger partial charge in [0.15, 0.2) is 0 Å². The molecule has 1 nitrogen and oxygen atoms in total. The van der Waals surface area contributed by atoms with Gasteiger partial charge in [0.05, 0.1) is 6.61 Å². The van der Waals surface area contributed by atoms with Crippen molar-refractivity contribution in [2.45, 2.75) is 19.8 Å². The Morgan fingerprint density at radius 1 is 1.42 bits per heavy atom. The smallest absolute Gasteiger partial charge is 0.119 e. The van der Waals surface area contributed by atoms with Gasteiger partial charge in [-0.15, -0.1) is 0 Å². The third-order valence-corrected chi connectivity index (χ3v) is 2.17. The maximum atomic E-state index is 5.61. The van der Waals surface area contributed by atoms with E-state index in [4.69, 9.17) is 4.74 Å². The Kier molecular flexibility index (Phi) is 2.03. The van der Waals surface area contributed by atoms with E-state index in [1.54, 1.807) is 0 Å². The molecule has 1 aliphatic rings. The van der Waals surface area contributed by atoms with E-state index in [2.05, 4.69) is 19.1 Å². The molecule has 0 amide bonds. The normalized spacial score (nSPS) is 16.1. The van der Waals surface area contributed by atoms with E-state index in [0.717, 1.165) is 18.3 Å². The minimum atomic E-state index is 0.838. The highest BCUT2D eigenvalue weighted by Gasteiger charge is 2.21. The highest BCUT2D eigenvalue weighted by atomic mass is 16.5. The Labute approximate surface area is 73.4 Å². The standard InChI is InChI=1S/C11H14O/c1-9-3-2-4-11(7-9)12-8-10-5-6-10/h2-4,7,10H,5-6,8H2,1H3. The zero-order valence-corrected chi connectivity index (χ0v) is 7.42. The second-order valence-electron chi connectivity index (χ2n) is 3.57. The molecule has 0 aromatic heterocycles. The monoisotopic (exact) mass is 162 g/mol. The molecule has 1 saturated carbocycles. The van der Waals surface area contributed by atoms with Gasteiger partial charge in [-0.3, -0.25) is 0 Å². The molecule has 64 valence electrons. The van der Waals surface area contributed by atoms with Gasteiger partial charge in [-0.25, -0.2) is 0 Å². The first-order chi connectivity index (χ1) is 5.84. The fraction of sp³-hybridized carbons (Fsp3) is 0.455. The molecule has 0 atom stereocenters. The molecule has 0 spiro atoms. The number of hydrogen-bond donors (Lipinski definition) is 0. The fourth-order valence-corrected chi connectivity index (χ4v) is 1.20. The number of hydrogen-bond acceptors (Lipinski definition) is 1. The molecular weight excluding hydrogens is 148 g/mol. The quantitative estimate of drug-likeness (QED) is 0.664.